The smallest absolute Gasteiger partial charge is 0.460 e. The van der Waals surface area contributed by atoms with Gasteiger partial charge in [-0.15, -0.1) is 95.1 Å². The molecule has 12 nitrogen and oxygen atoms in total. The minimum absolute atomic E-state index is 0. The van der Waals surface area contributed by atoms with Crippen molar-refractivity contribution in [1.82, 2.24) is 39.9 Å². The molecule has 0 saturated heterocycles. The van der Waals surface area contributed by atoms with Gasteiger partial charge in [0, 0.05) is 113 Å². The van der Waals surface area contributed by atoms with Gasteiger partial charge in [0.25, 0.3) is 0 Å². The minimum atomic E-state index is -4.58. The van der Waals surface area contributed by atoms with Gasteiger partial charge in [-0.05, 0) is 142 Å². The molecule has 20 aromatic rings. The Morgan fingerprint density at radius 1 is 0.240 bits per heavy atom. The molecule has 4 aliphatic rings. The van der Waals surface area contributed by atoms with Crippen molar-refractivity contribution in [2.45, 2.75) is 53.9 Å². The van der Waals surface area contributed by atoms with Gasteiger partial charge in [-0.3, -0.25) is 19.9 Å². The van der Waals surface area contributed by atoms with Crippen LogP contribution in [-0.2, 0) is 96.6 Å². The van der Waals surface area contributed by atoms with Gasteiger partial charge in [-0.25, -0.2) is 64.4 Å². The molecule has 12 aromatic carbocycles. The van der Waals surface area contributed by atoms with Crippen LogP contribution in [0.25, 0.3) is 89.0 Å². The van der Waals surface area contributed by atoms with Crippen LogP contribution >= 0.6 is 0 Å². The van der Waals surface area contributed by atoms with Gasteiger partial charge >= 0.3 is 96.6 Å². The van der Waals surface area contributed by atoms with Crippen LogP contribution in [0.1, 0.15) is 44.6 Å². The number of pyridine rings is 8. The first-order valence-electron chi connectivity index (χ1n) is 46.1. The number of alkyl halides is 6. The van der Waals surface area contributed by atoms with Gasteiger partial charge in [0.1, 0.15) is 5.56 Å². The second-order valence-corrected chi connectivity index (χ2v) is 35.1. The zero-order valence-corrected chi connectivity index (χ0v) is 87.8. The van der Waals surface area contributed by atoms with Crippen LogP contribution < -0.4 is 85.0 Å². The Balaban J connectivity index is 0.000000132. The van der Waals surface area contributed by atoms with Crippen LogP contribution in [0.15, 0.2) is 365 Å². The molecule has 8 aromatic heterocycles. The number of ether oxygens (including phenoxy) is 4. The SMILES string of the molecule is Cc1ccc(Oc2[c-]c(-c3[c-]c4c(cc3)-c3ccccc3B4c3cc(C)ccn3)ccc2)nc1.Cc1ccnc(B2c3[c-]c(-c4[c-]c(Oc5cc(C(F)(F)F)ccn5)ccc4)ccc3-c3ccccc32)c1.Cc1ccnc(B2c3[c-]c(-c4[c-]c(Oc5cccc(C)n5)ccc4)ccc3-c3ccccc32)c1.Cc1ccnc(B2c3[c-]c(-c4[c-]c(Oc5ncccc5C(F)(F)F)ccc4)ccc3-c3ccccc32)c1.[Pt+2].[Pt+2].[Pt+2].[Pt+2]. The molecule has 26 heteroatoms. The fourth-order valence-corrected chi connectivity index (χ4v) is 18.7. The summed E-state index contributed by atoms with van der Waals surface area (Å²) in [5.74, 6) is 2.11. The first-order valence-corrected chi connectivity index (χ1v) is 46.1. The monoisotopic (exact) mass is 2630 g/mol. The van der Waals surface area contributed by atoms with Gasteiger partial charge in [0.15, 0.2) is 0 Å². The van der Waals surface area contributed by atoms with E-state index < -0.39 is 29.4 Å². The molecule has 0 spiro atoms. The number of aryl methyl sites for hydroxylation is 6. The van der Waals surface area contributed by atoms with Crippen LogP contribution in [0.5, 0.6) is 46.5 Å². The topological polar surface area (TPSA) is 140 Å². The molecule has 0 aliphatic carbocycles. The van der Waals surface area contributed by atoms with Gasteiger partial charge < -0.3 is 18.9 Å². The molecule has 0 atom stereocenters. The maximum absolute atomic E-state index is 13.4. The molecule has 0 N–H and O–H groups in total. The Labute approximate surface area is 901 Å². The fraction of sp³-hybridized carbons (Fsp3) is 0.0667. The molecule has 716 valence electrons. The van der Waals surface area contributed by atoms with E-state index in [2.05, 4.69) is 226 Å². The number of hydrogen-bond donors (Lipinski definition) is 0. The standard InChI is InChI=1S/2C30H18BF3N2O.2C30H21BN2O.4Pt/c1-19-13-15-35-28(16-19)31-26-10-3-2-8-23(26)24-12-11-21(18-27(24)31)20-6-4-7-22(17-20)37-29-25(30(32,33)34)9-5-14-36-29;1-19-11-13-35-28(15-19)31-26-8-3-2-7-24(26)25-10-9-21(17-27(25)31)20-5-4-6-23(16-20)37-29-18-22(12-14-36-29)30(32,33)34;1-20-15-16-32-29(17-20)31-27-11-4-3-10-25(27)26-14-13-23(19-28(26)31)22-8-6-9-24(18-22)34-30-12-5-7-21(2)33-30;1-20-14-15-32-29(16-20)31-27-9-4-3-8-25(27)26-12-11-23(18-28(26)31)22-6-5-7-24(17-22)34-30-13-10-21(2)19-33-30;;;;/h2-16H,1H3;2-15,18H,1H3;3-17H,1-2H3;3-16,19H,1-2H3;;;;/q4*-2;4*+2. The van der Waals surface area contributed by atoms with E-state index in [4.69, 9.17) is 28.9 Å². The van der Waals surface area contributed by atoms with Crippen molar-refractivity contribution in [3.05, 3.63) is 458 Å². The van der Waals surface area contributed by atoms with E-state index in [0.717, 1.165) is 147 Å². The van der Waals surface area contributed by atoms with Gasteiger partial charge in [0.05, 0.1) is 5.56 Å². The summed E-state index contributed by atoms with van der Waals surface area (Å²) < 4.78 is 103. The van der Waals surface area contributed by atoms with Gasteiger partial charge in [0.2, 0.25) is 50.4 Å². The number of hydrogen-bond acceptors (Lipinski definition) is 12. The van der Waals surface area contributed by atoms with Crippen molar-refractivity contribution in [2.75, 3.05) is 0 Å². The molecular formula is C120H78B4F6N8O4Pt4. The summed E-state index contributed by atoms with van der Waals surface area (Å²) in [5, 5.41) is 0. The van der Waals surface area contributed by atoms with Crippen LogP contribution in [0, 0.1) is 90.1 Å². The fourth-order valence-electron chi connectivity index (χ4n) is 18.7. The Kier molecular flexibility index (Phi) is 31.5. The van der Waals surface area contributed by atoms with E-state index in [1.807, 2.05) is 192 Å². The van der Waals surface area contributed by atoms with E-state index >= 15 is 0 Å². The molecular weight excluding hydrogens is 2550 g/mol. The van der Waals surface area contributed by atoms with Gasteiger partial charge in [-0.2, -0.15) is 145 Å². The van der Waals surface area contributed by atoms with Crippen LogP contribution in [0.4, 0.5) is 26.3 Å². The number of rotatable bonds is 16. The second kappa shape index (κ2) is 44.7. The average molecular weight is 2630 g/mol. The molecule has 0 unspecified atom stereocenters. The summed E-state index contributed by atoms with van der Waals surface area (Å²) in [4.78, 5) is 35.3. The van der Waals surface area contributed by atoms with Crippen molar-refractivity contribution in [2.24, 2.45) is 0 Å². The third-order valence-electron chi connectivity index (χ3n) is 25.2. The Bertz CT molecular complexity index is 8240. The zero-order chi connectivity index (χ0) is 97.3. The number of fused-ring (bicyclic) bond motifs is 12. The number of nitrogens with zero attached hydrogens (tertiary/aromatic N) is 8. The van der Waals surface area contributed by atoms with Crippen LogP contribution in [-0.4, -0.2) is 66.7 Å². The molecule has 24 rings (SSSR count). The average Bonchev–Trinajstić information content (AvgIpc) is 1.60. The Hall–Kier alpha value is -14.4. The maximum Gasteiger partial charge on any atom is 2.00 e. The zero-order valence-electron chi connectivity index (χ0n) is 78.7. The molecule has 0 radical (unpaired) electrons. The van der Waals surface area contributed by atoms with Crippen molar-refractivity contribution < 1.29 is 130 Å². The Morgan fingerprint density at radius 2 is 0.575 bits per heavy atom. The van der Waals surface area contributed by atoms with E-state index in [-0.39, 0.29) is 128 Å². The molecule has 12 heterocycles. The molecule has 0 fully saturated rings. The van der Waals surface area contributed by atoms with Gasteiger partial charge in [-0.1, -0.05) is 153 Å². The summed E-state index contributed by atoms with van der Waals surface area (Å²) in [6.07, 6.45) is 2.50. The molecule has 0 saturated carbocycles. The van der Waals surface area contributed by atoms with Crippen molar-refractivity contribution >= 4 is 92.9 Å². The van der Waals surface area contributed by atoms with E-state index in [1.165, 1.54) is 67.5 Å². The normalized spacial score (nSPS) is 11.7. The third kappa shape index (κ3) is 22.2. The van der Waals surface area contributed by atoms with E-state index in [0.29, 0.717) is 34.4 Å². The first-order chi connectivity index (χ1) is 69.1. The molecule has 4 aliphatic heterocycles. The van der Waals surface area contributed by atoms with Crippen molar-refractivity contribution in [1.29, 1.82) is 0 Å². The van der Waals surface area contributed by atoms with Crippen molar-refractivity contribution in [3.63, 3.8) is 0 Å². The largest absolute Gasteiger partial charge is 2.00 e. The van der Waals surface area contributed by atoms with E-state index in [1.54, 1.807) is 30.5 Å². The third-order valence-corrected chi connectivity index (χ3v) is 25.2. The van der Waals surface area contributed by atoms with E-state index in [9.17, 15) is 26.3 Å². The summed E-state index contributed by atoms with van der Waals surface area (Å²) in [7, 11) is 0. The first kappa shape index (κ1) is 103. The number of benzene rings is 12. The second-order valence-electron chi connectivity index (χ2n) is 35.1. The molecule has 146 heavy (non-hydrogen) atoms. The summed E-state index contributed by atoms with van der Waals surface area (Å²) in [5.41, 5.74) is 34.3. The maximum atomic E-state index is 13.4. The van der Waals surface area contributed by atoms with Crippen LogP contribution in [0.3, 0.4) is 0 Å². The van der Waals surface area contributed by atoms with Crippen LogP contribution in [0.2, 0.25) is 0 Å². The summed E-state index contributed by atoms with van der Waals surface area (Å²) >= 11 is 0. The summed E-state index contributed by atoms with van der Waals surface area (Å²) in [6, 6.07) is 130. The number of halogens is 6. The van der Waals surface area contributed by atoms with Crippen molar-refractivity contribution in [3.8, 4) is 136 Å². The quantitative estimate of drug-likeness (QED) is 0.0517. The molecule has 0 bridgehead atoms. The minimum Gasteiger partial charge on any atom is -0.460 e. The Morgan fingerprint density at radius 3 is 0.918 bits per heavy atom. The molecule has 0 amide bonds. The summed E-state index contributed by atoms with van der Waals surface area (Å²) in [6.45, 7) is 12.2. The predicted molar refractivity (Wildman–Crippen MR) is 551 cm³/mol. The number of aromatic nitrogens is 8. The predicted octanol–water partition coefficient (Wildman–Crippen LogP) is 20.0.